The van der Waals surface area contributed by atoms with Gasteiger partial charge in [-0.3, -0.25) is 4.84 Å². The Hall–Kier alpha value is -0.440. The number of hydrogen-bond acceptors (Lipinski definition) is 6. The number of aromatic nitrogens is 2. The lowest BCUT2D eigenvalue weighted by molar-refractivity contribution is 0.596. The first-order valence-electron chi connectivity index (χ1n) is 2.27. The first-order chi connectivity index (χ1) is 5.04. The van der Waals surface area contributed by atoms with Crippen molar-refractivity contribution in [3.8, 4) is 0 Å². The van der Waals surface area contributed by atoms with Gasteiger partial charge >= 0.3 is 0 Å². The zero-order chi connectivity index (χ0) is 8.48. The van der Waals surface area contributed by atoms with E-state index in [0.717, 1.165) is 11.3 Å². The molecule has 0 aromatic carbocycles. The quantitative estimate of drug-likeness (QED) is 0.662. The van der Waals surface area contributed by atoms with Crippen molar-refractivity contribution in [1.29, 1.82) is 0 Å². The second-order valence-corrected chi connectivity index (χ2v) is 4.41. The van der Waals surface area contributed by atoms with Crippen LogP contribution in [0, 0.1) is 0 Å². The first kappa shape index (κ1) is 8.65. The van der Waals surface area contributed by atoms with Crippen molar-refractivity contribution in [2.45, 2.75) is 4.34 Å². The number of nitrogens with one attached hydrogen (secondary N) is 1. The molecule has 0 aliphatic carbocycles. The number of anilines is 1. The van der Waals surface area contributed by atoms with Crippen LogP contribution >= 0.6 is 23.1 Å². The largest absolute Gasteiger partial charge is 0.272 e. The highest BCUT2D eigenvalue weighted by atomic mass is 35.5. The third-order valence-corrected chi connectivity index (χ3v) is 3.17. The molecule has 0 saturated carbocycles. The number of sulfonamides is 1. The highest BCUT2D eigenvalue weighted by Crippen LogP contribution is 2.18. The first-order valence-corrected chi connectivity index (χ1v) is 5.01. The minimum absolute atomic E-state index is 0.190. The number of primary sulfonamides is 1. The second-order valence-electron chi connectivity index (χ2n) is 1.51. The van der Waals surface area contributed by atoms with Crippen molar-refractivity contribution in [2.75, 3.05) is 4.84 Å². The monoisotopic (exact) mass is 214 g/mol. The van der Waals surface area contributed by atoms with Crippen molar-refractivity contribution in [2.24, 2.45) is 5.14 Å². The number of rotatable bonds is 2. The Bertz CT molecular complexity index is 345. The number of hydrogen-bond donors (Lipinski definition) is 2. The molecule has 0 radical (unpaired) electrons. The topological polar surface area (TPSA) is 98.0 Å². The minimum Gasteiger partial charge on any atom is -0.272 e. The van der Waals surface area contributed by atoms with Crippen LogP contribution in [-0.4, -0.2) is 18.6 Å². The maximum absolute atomic E-state index is 10.6. The Kier molecular flexibility index (Phi) is 2.28. The van der Waals surface area contributed by atoms with E-state index in [9.17, 15) is 8.42 Å². The molecule has 1 aromatic rings. The summed E-state index contributed by atoms with van der Waals surface area (Å²) in [5.41, 5.74) is 0. The van der Waals surface area contributed by atoms with E-state index >= 15 is 0 Å². The molecular weight excluding hydrogens is 212 g/mol. The Morgan fingerprint density at radius 2 is 2.18 bits per heavy atom. The Morgan fingerprint density at radius 3 is 2.45 bits per heavy atom. The van der Waals surface area contributed by atoms with E-state index < -0.39 is 10.0 Å². The standard InChI is InChI=1S/C2H3ClN4O2S2/c3-5-1-6-7-2(10-1)11(4,8)9/h(H,5,6)(H2,4,8,9). The van der Waals surface area contributed by atoms with Gasteiger partial charge in [0.1, 0.15) is 0 Å². The number of nitrogens with zero attached hydrogens (tertiary/aromatic N) is 2. The van der Waals surface area contributed by atoms with E-state index in [4.69, 9.17) is 16.9 Å². The molecule has 0 spiro atoms. The third kappa shape index (κ3) is 1.99. The normalized spacial score (nSPS) is 11.5. The summed E-state index contributed by atoms with van der Waals surface area (Å²) in [4.78, 5) is 2.12. The summed E-state index contributed by atoms with van der Waals surface area (Å²) in [6, 6.07) is 0. The van der Waals surface area contributed by atoms with Gasteiger partial charge in [-0.2, -0.15) is 0 Å². The molecule has 0 unspecified atom stereocenters. The number of nitrogens with two attached hydrogens (primary N) is 1. The van der Waals surface area contributed by atoms with Crippen molar-refractivity contribution >= 4 is 38.3 Å². The van der Waals surface area contributed by atoms with Gasteiger partial charge in [0.2, 0.25) is 9.47 Å². The van der Waals surface area contributed by atoms with Crippen molar-refractivity contribution < 1.29 is 8.42 Å². The van der Waals surface area contributed by atoms with Gasteiger partial charge in [-0.15, -0.1) is 10.2 Å². The van der Waals surface area contributed by atoms with Gasteiger partial charge in [-0.05, 0) is 0 Å². The van der Waals surface area contributed by atoms with Crippen molar-refractivity contribution in [3.63, 3.8) is 0 Å². The highest BCUT2D eigenvalue weighted by Gasteiger charge is 2.14. The molecule has 62 valence electrons. The van der Waals surface area contributed by atoms with Gasteiger partial charge in [0.25, 0.3) is 10.0 Å². The maximum atomic E-state index is 10.6. The van der Waals surface area contributed by atoms with Crippen LogP contribution in [0.5, 0.6) is 0 Å². The Labute approximate surface area is 71.5 Å². The smallest absolute Gasteiger partial charge is 0.267 e. The molecule has 6 nitrogen and oxygen atoms in total. The number of halogens is 1. The molecule has 1 rings (SSSR count). The van der Waals surface area contributed by atoms with Crippen LogP contribution in [-0.2, 0) is 10.0 Å². The van der Waals surface area contributed by atoms with Crippen molar-refractivity contribution in [1.82, 2.24) is 10.2 Å². The molecule has 0 amide bonds. The summed E-state index contributed by atoms with van der Waals surface area (Å²) >= 11 is 5.87. The van der Waals surface area contributed by atoms with Gasteiger partial charge in [0.05, 0.1) is 0 Å². The zero-order valence-electron chi connectivity index (χ0n) is 4.98. The summed E-state index contributed by atoms with van der Waals surface area (Å²) < 4.78 is 20.9. The van der Waals surface area contributed by atoms with Gasteiger partial charge in [0.15, 0.2) is 0 Å². The van der Waals surface area contributed by atoms with E-state index in [1.54, 1.807) is 0 Å². The van der Waals surface area contributed by atoms with E-state index in [-0.39, 0.29) is 9.47 Å². The molecule has 0 fully saturated rings. The van der Waals surface area contributed by atoms with Gasteiger partial charge in [-0.25, -0.2) is 13.6 Å². The van der Waals surface area contributed by atoms with E-state index in [2.05, 4.69) is 15.0 Å². The lowest BCUT2D eigenvalue weighted by Gasteiger charge is -1.84. The summed E-state index contributed by atoms with van der Waals surface area (Å²) in [6.07, 6.45) is 0. The van der Waals surface area contributed by atoms with Crippen LogP contribution in [0.2, 0.25) is 0 Å². The highest BCUT2D eigenvalue weighted by molar-refractivity contribution is 7.91. The Balaban J connectivity index is 3.09. The van der Waals surface area contributed by atoms with Crippen LogP contribution in [0.4, 0.5) is 5.13 Å². The summed E-state index contributed by atoms with van der Waals surface area (Å²) in [6.45, 7) is 0. The predicted molar refractivity (Wildman–Crippen MR) is 40.8 cm³/mol. The van der Waals surface area contributed by atoms with Gasteiger partial charge in [0, 0.05) is 11.8 Å². The fraction of sp³-hybridized carbons (Fsp3) is 0. The van der Waals surface area contributed by atoms with Crippen molar-refractivity contribution in [3.05, 3.63) is 0 Å². The lowest BCUT2D eigenvalue weighted by Crippen LogP contribution is -2.11. The van der Waals surface area contributed by atoms with Gasteiger partial charge < -0.3 is 0 Å². The van der Waals surface area contributed by atoms with E-state index in [0.29, 0.717) is 0 Å². The van der Waals surface area contributed by atoms with E-state index in [1.165, 1.54) is 0 Å². The molecule has 9 heteroatoms. The average molecular weight is 215 g/mol. The SMILES string of the molecule is NS(=O)(=O)c1nnc(NCl)s1. The fourth-order valence-electron chi connectivity index (χ4n) is 0.363. The molecule has 0 aliphatic heterocycles. The molecule has 11 heavy (non-hydrogen) atoms. The summed E-state index contributed by atoms with van der Waals surface area (Å²) in [5, 5.41) is 11.6. The summed E-state index contributed by atoms with van der Waals surface area (Å²) in [5.74, 6) is 0. The molecule has 0 aliphatic rings. The predicted octanol–water partition coefficient (Wildman–Crippen LogP) is -0.249. The van der Waals surface area contributed by atoms with Crippen LogP contribution in [0.1, 0.15) is 0 Å². The Morgan fingerprint density at radius 1 is 1.55 bits per heavy atom. The summed E-state index contributed by atoms with van der Waals surface area (Å²) in [7, 11) is -3.75. The third-order valence-electron chi connectivity index (χ3n) is 0.731. The van der Waals surface area contributed by atoms with Crippen LogP contribution in [0.25, 0.3) is 0 Å². The molecule has 3 N–H and O–H groups in total. The maximum Gasteiger partial charge on any atom is 0.267 e. The molecule has 0 bridgehead atoms. The fourth-order valence-corrected chi connectivity index (χ4v) is 1.74. The molecule has 1 heterocycles. The van der Waals surface area contributed by atoms with Gasteiger partial charge in [-0.1, -0.05) is 11.3 Å². The molecule has 1 aromatic heterocycles. The van der Waals surface area contributed by atoms with Crippen LogP contribution in [0.3, 0.4) is 0 Å². The zero-order valence-corrected chi connectivity index (χ0v) is 7.37. The lowest BCUT2D eigenvalue weighted by atomic mass is 11.3. The second kappa shape index (κ2) is 2.89. The molecule has 0 atom stereocenters. The minimum atomic E-state index is -3.75. The van der Waals surface area contributed by atoms with Crippen LogP contribution < -0.4 is 9.97 Å². The van der Waals surface area contributed by atoms with E-state index in [1.807, 2.05) is 0 Å². The average Bonchev–Trinajstić information content (AvgIpc) is 2.32. The molecule has 0 saturated heterocycles. The molecular formula is C2H3ClN4O2S2. The van der Waals surface area contributed by atoms with Crippen LogP contribution in [0.15, 0.2) is 4.34 Å².